The Bertz CT molecular complexity index is 1060. The molecule has 150 valence electrons. The summed E-state index contributed by atoms with van der Waals surface area (Å²) in [4.78, 5) is 30.3. The standard InChI is InChI=1S/C24H27N3O2/c1-4-5-8-15-27-18(3)16-21(28)22(23(27)19-11-13-25-14-12-19)24(29)26-20-10-7-6-9-17(20)2/h6-7,9-14,16H,4-5,8,15H2,1-3H3,(H,26,29). The van der Waals surface area contributed by atoms with Crippen LogP contribution >= 0.6 is 0 Å². The molecule has 0 atom stereocenters. The molecule has 0 bridgehead atoms. The van der Waals surface area contributed by atoms with Gasteiger partial charge in [0.05, 0.1) is 5.69 Å². The summed E-state index contributed by atoms with van der Waals surface area (Å²) in [5.74, 6) is -0.389. The lowest BCUT2D eigenvalue weighted by atomic mass is 10.0. The Kier molecular flexibility index (Phi) is 6.60. The predicted molar refractivity (Wildman–Crippen MR) is 117 cm³/mol. The normalized spacial score (nSPS) is 10.7. The zero-order valence-corrected chi connectivity index (χ0v) is 17.2. The average Bonchev–Trinajstić information content (AvgIpc) is 2.71. The molecule has 1 N–H and O–H groups in total. The van der Waals surface area contributed by atoms with E-state index in [0.717, 1.165) is 42.6 Å². The van der Waals surface area contributed by atoms with E-state index in [-0.39, 0.29) is 16.9 Å². The number of carbonyl (C=O) groups is 1. The van der Waals surface area contributed by atoms with Crippen molar-refractivity contribution in [3.05, 3.63) is 81.9 Å². The zero-order chi connectivity index (χ0) is 20.8. The molecular weight excluding hydrogens is 362 g/mol. The summed E-state index contributed by atoms with van der Waals surface area (Å²) < 4.78 is 2.08. The number of aryl methyl sites for hydroxylation is 2. The van der Waals surface area contributed by atoms with Gasteiger partial charge in [0.1, 0.15) is 5.56 Å². The van der Waals surface area contributed by atoms with Gasteiger partial charge < -0.3 is 9.88 Å². The number of nitrogens with one attached hydrogen (secondary N) is 1. The van der Waals surface area contributed by atoms with E-state index >= 15 is 0 Å². The molecule has 5 heteroatoms. The Balaban J connectivity index is 2.14. The van der Waals surface area contributed by atoms with Gasteiger partial charge in [-0.05, 0) is 44.0 Å². The van der Waals surface area contributed by atoms with E-state index in [1.165, 1.54) is 0 Å². The SMILES string of the molecule is CCCCCn1c(C)cc(=O)c(C(=O)Nc2ccccc2C)c1-c1ccncc1. The average molecular weight is 389 g/mol. The van der Waals surface area contributed by atoms with Crippen LogP contribution in [-0.4, -0.2) is 15.5 Å². The summed E-state index contributed by atoms with van der Waals surface area (Å²) in [5, 5.41) is 2.92. The largest absolute Gasteiger partial charge is 0.344 e. The topological polar surface area (TPSA) is 64.0 Å². The van der Waals surface area contributed by atoms with Gasteiger partial charge in [-0.2, -0.15) is 0 Å². The van der Waals surface area contributed by atoms with Crippen LogP contribution in [0.5, 0.6) is 0 Å². The molecule has 2 heterocycles. The summed E-state index contributed by atoms with van der Waals surface area (Å²) in [6, 6.07) is 12.8. The molecule has 0 unspecified atom stereocenters. The van der Waals surface area contributed by atoms with Gasteiger partial charge in [-0.25, -0.2) is 0 Å². The van der Waals surface area contributed by atoms with E-state index in [2.05, 4.69) is 21.8 Å². The van der Waals surface area contributed by atoms with Gasteiger partial charge in [-0.15, -0.1) is 0 Å². The van der Waals surface area contributed by atoms with Crippen LogP contribution in [0.3, 0.4) is 0 Å². The number of amides is 1. The van der Waals surface area contributed by atoms with Gasteiger partial charge in [0, 0.05) is 41.9 Å². The van der Waals surface area contributed by atoms with E-state index in [9.17, 15) is 9.59 Å². The first-order valence-electron chi connectivity index (χ1n) is 10.0. The molecule has 5 nitrogen and oxygen atoms in total. The van der Waals surface area contributed by atoms with Crippen molar-refractivity contribution in [2.75, 3.05) is 5.32 Å². The van der Waals surface area contributed by atoms with Crippen molar-refractivity contribution < 1.29 is 4.79 Å². The highest BCUT2D eigenvalue weighted by molar-refractivity contribution is 6.08. The molecule has 29 heavy (non-hydrogen) atoms. The van der Waals surface area contributed by atoms with E-state index in [4.69, 9.17) is 0 Å². The fourth-order valence-corrected chi connectivity index (χ4v) is 3.50. The third-order valence-corrected chi connectivity index (χ3v) is 5.08. The van der Waals surface area contributed by atoms with E-state index in [1.807, 2.05) is 50.2 Å². The molecule has 0 spiro atoms. The van der Waals surface area contributed by atoms with Crippen molar-refractivity contribution in [1.29, 1.82) is 0 Å². The van der Waals surface area contributed by atoms with Crippen LogP contribution in [0.1, 0.15) is 47.8 Å². The second kappa shape index (κ2) is 9.32. The number of hydrogen-bond acceptors (Lipinski definition) is 3. The van der Waals surface area contributed by atoms with Gasteiger partial charge in [-0.1, -0.05) is 38.0 Å². The van der Waals surface area contributed by atoms with Crippen LogP contribution in [0, 0.1) is 13.8 Å². The lowest BCUT2D eigenvalue weighted by Gasteiger charge is -2.20. The molecule has 3 aromatic rings. The van der Waals surface area contributed by atoms with Crippen LogP contribution in [0.4, 0.5) is 5.69 Å². The Morgan fingerprint density at radius 3 is 2.48 bits per heavy atom. The lowest BCUT2D eigenvalue weighted by molar-refractivity contribution is 0.102. The number of pyridine rings is 2. The first kappa shape index (κ1) is 20.5. The molecular formula is C24H27N3O2. The Morgan fingerprint density at radius 2 is 1.79 bits per heavy atom. The highest BCUT2D eigenvalue weighted by Gasteiger charge is 2.22. The Morgan fingerprint density at radius 1 is 1.07 bits per heavy atom. The monoisotopic (exact) mass is 389 g/mol. The summed E-state index contributed by atoms with van der Waals surface area (Å²) >= 11 is 0. The molecule has 2 aromatic heterocycles. The maximum absolute atomic E-state index is 13.2. The molecule has 0 aliphatic rings. The molecule has 0 fully saturated rings. The van der Waals surface area contributed by atoms with E-state index in [0.29, 0.717) is 11.4 Å². The van der Waals surface area contributed by atoms with Crippen LogP contribution < -0.4 is 10.7 Å². The van der Waals surface area contributed by atoms with Gasteiger partial charge in [0.25, 0.3) is 5.91 Å². The van der Waals surface area contributed by atoms with Crippen molar-refractivity contribution in [2.45, 2.75) is 46.6 Å². The molecule has 0 aliphatic carbocycles. The second-order valence-corrected chi connectivity index (χ2v) is 7.24. The highest BCUT2D eigenvalue weighted by Crippen LogP contribution is 2.25. The number of para-hydroxylation sites is 1. The third kappa shape index (κ3) is 4.62. The number of benzene rings is 1. The first-order valence-corrected chi connectivity index (χ1v) is 10.0. The number of aromatic nitrogens is 2. The predicted octanol–water partition coefficient (Wildman–Crippen LogP) is 4.97. The molecule has 0 saturated carbocycles. The Labute approximate surface area is 171 Å². The van der Waals surface area contributed by atoms with E-state index < -0.39 is 0 Å². The minimum atomic E-state index is -0.389. The molecule has 0 radical (unpaired) electrons. The maximum Gasteiger partial charge on any atom is 0.261 e. The van der Waals surface area contributed by atoms with E-state index in [1.54, 1.807) is 18.5 Å². The quantitative estimate of drug-likeness (QED) is 0.580. The molecule has 1 aromatic carbocycles. The summed E-state index contributed by atoms with van der Waals surface area (Å²) in [5.41, 5.74) is 3.86. The number of carbonyl (C=O) groups excluding carboxylic acids is 1. The van der Waals surface area contributed by atoms with Gasteiger partial charge >= 0.3 is 0 Å². The molecule has 0 aliphatic heterocycles. The van der Waals surface area contributed by atoms with Crippen LogP contribution in [0.25, 0.3) is 11.3 Å². The fourth-order valence-electron chi connectivity index (χ4n) is 3.50. The first-order chi connectivity index (χ1) is 14.0. The smallest absolute Gasteiger partial charge is 0.261 e. The summed E-state index contributed by atoms with van der Waals surface area (Å²) in [6.45, 7) is 6.75. The van der Waals surface area contributed by atoms with Crippen LogP contribution in [-0.2, 0) is 6.54 Å². The van der Waals surface area contributed by atoms with Gasteiger partial charge in [-0.3, -0.25) is 14.6 Å². The molecule has 1 amide bonds. The van der Waals surface area contributed by atoms with Crippen molar-refractivity contribution in [3.63, 3.8) is 0 Å². The second-order valence-electron chi connectivity index (χ2n) is 7.24. The van der Waals surface area contributed by atoms with Gasteiger partial charge in [0.15, 0.2) is 5.43 Å². The number of hydrogen-bond donors (Lipinski definition) is 1. The number of anilines is 1. The van der Waals surface area contributed by atoms with Crippen molar-refractivity contribution in [2.24, 2.45) is 0 Å². The fraction of sp³-hybridized carbons (Fsp3) is 0.292. The third-order valence-electron chi connectivity index (χ3n) is 5.08. The number of rotatable bonds is 7. The minimum absolute atomic E-state index is 0.168. The lowest BCUT2D eigenvalue weighted by Crippen LogP contribution is -2.27. The van der Waals surface area contributed by atoms with Crippen molar-refractivity contribution >= 4 is 11.6 Å². The minimum Gasteiger partial charge on any atom is -0.344 e. The molecule has 3 rings (SSSR count). The Hall–Kier alpha value is -3.21. The van der Waals surface area contributed by atoms with Crippen LogP contribution in [0.15, 0.2) is 59.7 Å². The maximum atomic E-state index is 13.2. The van der Waals surface area contributed by atoms with Crippen LogP contribution in [0.2, 0.25) is 0 Å². The summed E-state index contributed by atoms with van der Waals surface area (Å²) in [7, 11) is 0. The zero-order valence-electron chi connectivity index (χ0n) is 17.2. The number of nitrogens with zero attached hydrogens (tertiary/aromatic N) is 2. The number of unbranched alkanes of at least 4 members (excludes halogenated alkanes) is 2. The van der Waals surface area contributed by atoms with Crippen molar-refractivity contribution in [1.82, 2.24) is 9.55 Å². The van der Waals surface area contributed by atoms with Gasteiger partial charge in [0.2, 0.25) is 0 Å². The van der Waals surface area contributed by atoms with Crippen molar-refractivity contribution in [3.8, 4) is 11.3 Å². The molecule has 0 saturated heterocycles. The summed E-state index contributed by atoms with van der Waals surface area (Å²) in [6.07, 6.45) is 6.54. The highest BCUT2D eigenvalue weighted by atomic mass is 16.2.